The van der Waals surface area contributed by atoms with Crippen molar-refractivity contribution >= 4 is 15.7 Å². The van der Waals surface area contributed by atoms with Crippen molar-refractivity contribution in [1.82, 2.24) is 9.71 Å². The summed E-state index contributed by atoms with van der Waals surface area (Å²) in [5.74, 6) is 0. The van der Waals surface area contributed by atoms with Crippen LogP contribution in [0.2, 0.25) is 0 Å². The highest BCUT2D eigenvalue weighted by molar-refractivity contribution is 7.89. The van der Waals surface area contributed by atoms with Crippen molar-refractivity contribution in [2.75, 3.05) is 5.73 Å². The van der Waals surface area contributed by atoms with Crippen LogP contribution in [-0.4, -0.2) is 19.4 Å². The summed E-state index contributed by atoms with van der Waals surface area (Å²) in [4.78, 5) is 3.82. The van der Waals surface area contributed by atoms with E-state index >= 15 is 0 Å². The predicted octanol–water partition coefficient (Wildman–Crippen LogP) is 0.885. The van der Waals surface area contributed by atoms with E-state index in [1.54, 1.807) is 0 Å². The molecule has 1 aromatic rings. The molecule has 16 heavy (non-hydrogen) atoms. The van der Waals surface area contributed by atoms with Crippen molar-refractivity contribution in [1.29, 1.82) is 0 Å². The minimum atomic E-state index is -3.48. The zero-order valence-corrected chi connectivity index (χ0v) is 9.70. The molecule has 5 nitrogen and oxygen atoms in total. The first kappa shape index (κ1) is 11.3. The van der Waals surface area contributed by atoms with E-state index in [1.807, 2.05) is 0 Å². The summed E-state index contributed by atoms with van der Waals surface area (Å²) >= 11 is 0. The molecule has 0 aliphatic heterocycles. The predicted molar refractivity (Wildman–Crippen MR) is 61.2 cm³/mol. The number of aromatic nitrogens is 1. The van der Waals surface area contributed by atoms with Gasteiger partial charge in [-0.3, -0.25) is 0 Å². The van der Waals surface area contributed by atoms with Crippen molar-refractivity contribution in [3.8, 4) is 0 Å². The second kappa shape index (κ2) is 4.39. The highest BCUT2D eigenvalue weighted by Crippen LogP contribution is 2.19. The van der Waals surface area contributed by atoms with Gasteiger partial charge in [0, 0.05) is 6.04 Å². The maximum atomic E-state index is 11.9. The number of nitrogens with two attached hydrogens (primary N) is 1. The SMILES string of the molecule is Nc1ccc(S(=O)(=O)NC2CCCC2)nc1. The Labute approximate surface area is 95.1 Å². The van der Waals surface area contributed by atoms with Crippen molar-refractivity contribution in [2.45, 2.75) is 36.8 Å². The van der Waals surface area contributed by atoms with Crippen LogP contribution in [0.1, 0.15) is 25.7 Å². The summed E-state index contributed by atoms with van der Waals surface area (Å²) in [6.45, 7) is 0. The Morgan fingerprint density at radius 1 is 1.31 bits per heavy atom. The van der Waals surface area contributed by atoms with Crippen molar-refractivity contribution in [2.24, 2.45) is 0 Å². The van der Waals surface area contributed by atoms with E-state index in [4.69, 9.17) is 5.73 Å². The molecule has 1 aliphatic carbocycles. The lowest BCUT2D eigenvalue weighted by atomic mass is 10.3. The van der Waals surface area contributed by atoms with Gasteiger partial charge in [0.05, 0.1) is 11.9 Å². The first-order valence-electron chi connectivity index (χ1n) is 5.32. The Morgan fingerprint density at radius 2 is 2.00 bits per heavy atom. The molecule has 1 saturated carbocycles. The lowest BCUT2D eigenvalue weighted by molar-refractivity contribution is 0.549. The Balaban J connectivity index is 2.14. The quantitative estimate of drug-likeness (QED) is 0.822. The molecular weight excluding hydrogens is 226 g/mol. The van der Waals surface area contributed by atoms with E-state index < -0.39 is 10.0 Å². The first-order valence-corrected chi connectivity index (χ1v) is 6.80. The summed E-state index contributed by atoms with van der Waals surface area (Å²) in [6.07, 6.45) is 5.34. The zero-order valence-electron chi connectivity index (χ0n) is 8.89. The second-order valence-corrected chi connectivity index (χ2v) is 5.69. The van der Waals surface area contributed by atoms with E-state index in [2.05, 4.69) is 9.71 Å². The van der Waals surface area contributed by atoms with Crippen LogP contribution in [0.4, 0.5) is 5.69 Å². The van der Waals surface area contributed by atoms with E-state index in [9.17, 15) is 8.42 Å². The Morgan fingerprint density at radius 3 is 2.56 bits per heavy atom. The minimum absolute atomic E-state index is 0.0357. The average molecular weight is 241 g/mol. The van der Waals surface area contributed by atoms with E-state index in [-0.39, 0.29) is 11.1 Å². The summed E-state index contributed by atoms with van der Waals surface area (Å²) < 4.78 is 26.4. The van der Waals surface area contributed by atoms with E-state index in [1.165, 1.54) is 18.3 Å². The van der Waals surface area contributed by atoms with Crippen LogP contribution in [0.15, 0.2) is 23.4 Å². The van der Waals surface area contributed by atoms with E-state index in [0.29, 0.717) is 5.69 Å². The van der Waals surface area contributed by atoms with Gasteiger partial charge in [0.15, 0.2) is 5.03 Å². The molecule has 0 unspecified atom stereocenters. The number of nitrogens with one attached hydrogen (secondary N) is 1. The molecule has 1 heterocycles. The summed E-state index contributed by atoms with van der Waals surface area (Å²) in [5.41, 5.74) is 5.91. The van der Waals surface area contributed by atoms with Crippen LogP contribution in [0.3, 0.4) is 0 Å². The standard InChI is InChI=1S/C10H15N3O2S/c11-8-5-6-10(12-7-8)16(14,15)13-9-3-1-2-4-9/h5-7,9,13H,1-4,11H2. The summed E-state index contributed by atoms with van der Waals surface area (Å²) in [5, 5.41) is 0.0357. The lowest BCUT2D eigenvalue weighted by Crippen LogP contribution is -2.33. The van der Waals surface area contributed by atoms with Crippen LogP contribution in [0, 0.1) is 0 Å². The minimum Gasteiger partial charge on any atom is -0.397 e. The third kappa shape index (κ3) is 2.51. The maximum absolute atomic E-state index is 11.9. The topological polar surface area (TPSA) is 85.1 Å². The highest BCUT2D eigenvalue weighted by Gasteiger charge is 2.23. The molecular formula is C10H15N3O2S. The number of hydrogen-bond acceptors (Lipinski definition) is 4. The van der Waals surface area contributed by atoms with Gasteiger partial charge < -0.3 is 5.73 Å². The van der Waals surface area contributed by atoms with Gasteiger partial charge in [0.1, 0.15) is 0 Å². The largest absolute Gasteiger partial charge is 0.397 e. The molecule has 3 N–H and O–H groups in total. The molecule has 2 rings (SSSR count). The summed E-state index contributed by atoms with van der Waals surface area (Å²) in [7, 11) is -3.48. The molecule has 0 bridgehead atoms. The normalized spacial score (nSPS) is 17.8. The smallest absolute Gasteiger partial charge is 0.258 e. The molecule has 0 aromatic carbocycles. The molecule has 0 saturated heterocycles. The molecule has 0 radical (unpaired) electrons. The van der Waals surface area contributed by atoms with Gasteiger partial charge in [-0.2, -0.15) is 0 Å². The molecule has 0 spiro atoms. The van der Waals surface area contributed by atoms with Gasteiger partial charge in [0.2, 0.25) is 0 Å². The van der Waals surface area contributed by atoms with Gasteiger partial charge >= 0.3 is 0 Å². The lowest BCUT2D eigenvalue weighted by Gasteiger charge is -2.11. The molecule has 88 valence electrons. The average Bonchev–Trinajstić information content (AvgIpc) is 2.70. The van der Waals surface area contributed by atoms with Gasteiger partial charge in [0.25, 0.3) is 10.0 Å². The molecule has 1 fully saturated rings. The van der Waals surface area contributed by atoms with Crippen molar-refractivity contribution < 1.29 is 8.42 Å². The summed E-state index contributed by atoms with van der Waals surface area (Å²) in [6, 6.07) is 3.02. The third-order valence-electron chi connectivity index (χ3n) is 2.71. The monoisotopic (exact) mass is 241 g/mol. The number of nitrogen functional groups attached to an aromatic ring is 1. The van der Waals surface area contributed by atoms with Crippen LogP contribution >= 0.6 is 0 Å². The van der Waals surface area contributed by atoms with Gasteiger partial charge in [-0.25, -0.2) is 18.1 Å². The van der Waals surface area contributed by atoms with Gasteiger partial charge in [-0.05, 0) is 25.0 Å². The molecule has 6 heteroatoms. The van der Waals surface area contributed by atoms with Crippen LogP contribution < -0.4 is 10.5 Å². The fourth-order valence-corrected chi connectivity index (χ4v) is 3.11. The van der Waals surface area contributed by atoms with Crippen molar-refractivity contribution in [3.63, 3.8) is 0 Å². The number of sulfonamides is 1. The third-order valence-corrected chi connectivity index (χ3v) is 4.15. The Kier molecular flexibility index (Phi) is 3.11. The first-order chi connectivity index (χ1) is 7.58. The number of nitrogens with zero attached hydrogens (tertiary/aromatic N) is 1. The van der Waals surface area contributed by atoms with Crippen LogP contribution in [0.25, 0.3) is 0 Å². The highest BCUT2D eigenvalue weighted by atomic mass is 32.2. The molecule has 1 aromatic heterocycles. The van der Waals surface area contributed by atoms with Gasteiger partial charge in [-0.15, -0.1) is 0 Å². The Bertz CT molecular complexity index is 449. The van der Waals surface area contributed by atoms with Crippen molar-refractivity contribution in [3.05, 3.63) is 18.3 Å². The number of rotatable bonds is 3. The Hall–Kier alpha value is -1.14. The molecule has 0 atom stereocenters. The molecule has 0 amide bonds. The fraction of sp³-hybridized carbons (Fsp3) is 0.500. The molecule has 1 aliphatic rings. The number of anilines is 1. The second-order valence-electron chi connectivity index (χ2n) is 4.03. The fourth-order valence-electron chi connectivity index (χ4n) is 1.87. The number of hydrogen-bond donors (Lipinski definition) is 2. The van der Waals surface area contributed by atoms with E-state index in [0.717, 1.165) is 25.7 Å². The maximum Gasteiger partial charge on any atom is 0.258 e. The van der Waals surface area contributed by atoms with Crippen LogP contribution in [0.5, 0.6) is 0 Å². The van der Waals surface area contributed by atoms with Crippen LogP contribution in [-0.2, 0) is 10.0 Å². The number of pyridine rings is 1. The zero-order chi connectivity index (χ0) is 11.6. The van der Waals surface area contributed by atoms with Gasteiger partial charge in [-0.1, -0.05) is 12.8 Å².